The molecule has 1 heteroatoms. The molecule has 67 heavy (non-hydrogen) atoms. The standard InChI is InChI=1S/C66H67N/c1-6-8-9-10-11-22-29-59(52-23-16-14-17-24-52)56-38-42-62-61-40-34-50(45-63(61)66(4,5)64(62)47-56)31-30-49-32-35-53(36-33-49)60-41-37-55(46-51(60)7-2)54-39-43-65(48(3)44-54)67(58-27-20-15-21-28-58)57-25-18-12-13-19-26-57/h6,8-12,14-21,23-24,26-28,30-46,48,56-57,59,65H,1,7,13,22,25,29,47H2,2-5H3/b9-8-,11-10-,31-30+. The molecule has 9 rings (SSSR count). The second-order valence-electron chi connectivity index (χ2n) is 19.4. The molecule has 0 aromatic heterocycles. The van der Waals surface area contributed by atoms with Crippen LogP contribution in [0.1, 0.15) is 105 Å². The van der Waals surface area contributed by atoms with Crippen LogP contribution < -0.4 is 4.90 Å². The third-order valence-corrected chi connectivity index (χ3v) is 14.8. The van der Waals surface area contributed by atoms with E-state index in [0.29, 0.717) is 23.8 Å². The Balaban J connectivity index is 0.870. The molecule has 0 fully saturated rings. The van der Waals surface area contributed by atoms with Gasteiger partial charge in [0.1, 0.15) is 0 Å². The van der Waals surface area contributed by atoms with Gasteiger partial charge in [-0.3, -0.25) is 0 Å². The number of rotatable bonds is 15. The Morgan fingerprint density at radius 1 is 0.731 bits per heavy atom. The van der Waals surface area contributed by atoms with Crippen LogP contribution in [0.3, 0.4) is 0 Å². The number of hydrogen-bond donors (Lipinski definition) is 0. The van der Waals surface area contributed by atoms with Crippen molar-refractivity contribution in [2.24, 2.45) is 11.8 Å². The molecule has 0 spiro atoms. The summed E-state index contributed by atoms with van der Waals surface area (Å²) < 4.78 is 0. The van der Waals surface area contributed by atoms with E-state index in [2.05, 4.69) is 246 Å². The average Bonchev–Trinajstić information content (AvgIpc) is 3.51. The van der Waals surface area contributed by atoms with E-state index in [1.54, 1.807) is 5.57 Å². The molecule has 0 saturated carbocycles. The van der Waals surface area contributed by atoms with Gasteiger partial charge < -0.3 is 4.90 Å². The molecular formula is C66H67N. The largest absolute Gasteiger partial charge is 0.358 e. The minimum absolute atomic E-state index is 0.0275. The Hall–Kier alpha value is -6.70. The lowest BCUT2D eigenvalue weighted by molar-refractivity contribution is 0.448. The number of allylic oxidation sites excluding steroid dienone is 13. The van der Waals surface area contributed by atoms with Crippen LogP contribution in [0.5, 0.6) is 0 Å². The Bertz CT molecular complexity index is 2810. The molecule has 4 aliphatic rings. The molecule has 5 aromatic rings. The maximum Gasteiger partial charge on any atom is 0.0542 e. The van der Waals surface area contributed by atoms with E-state index >= 15 is 0 Å². The van der Waals surface area contributed by atoms with Crippen molar-refractivity contribution in [2.75, 3.05) is 4.90 Å². The van der Waals surface area contributed by atoms with Crippen LogP contribution in [-0.4, -0.2) is 12.1 Å². The lowest BCUT2D eigenvalue weighted by Gasteiger charge is -2.41. The lowest BCUT2D eigenvalue weighted by atomic mass is 9.71. The smallest absolute Gasteiger partial charge is 0.0542 e. The molecule has 5 unspecified atom stereocenters. The van der Waals surface area contributed by atoms with Crippen molar-refractivity contribution >= 4 is 29.0 Å². The summed E-state index contributed by atoms with van der Waals surface area (Å²) in [6.07, 6.45) is 42.8. The van der Waals surface area contributed by atoms with Gasteiger partial charge in [0.15, 0.2) is 0 Å². The van der Waals surface area contributed by atoms with Gasteiger partial charge in [-0.2, -0.15) is 0 Å². The van der Waals surface area contributed by atoms with E-state index in [1.807, 2.05) is 12.2 Å². The molecule has 336 valence electrons. The topological polar surface area (TPSA) is 3.24 Å². The Labute approximate surface area is 402 Å². The second kappa shape index (κ2) is 20.9. The van der Waals surface area contributed by atoms with Crippen molar-refractivity contribution < 1.29 is 0 Å². The summed E-state index contributed by atoms with van der Waals surface area (Å²) >= 11 is 0. The van der Waals surface area contributed by atoms with Gasteiger partial charge in [-0.1, -0.05) is 246 Å². The molecule has 0 amide bonds. The van der Waals surface area contributed by atoms with Gasteiger partial charge in [-0.15, -0.1) is 0 Å². The monoisotopic (exact) mass is 874 g/mol. The highest BCUT2D eigenvalue weighted by Gasteiger charge is 2.40. The van der Waals surface area contributed by atoms with Crippen LogP contribution in [0.25, 0.3) is 34.4 Å². The first-order chi connectivity index (χ1) is 32.8. The van der Waals surface area contributed by atoms with Gasteiger partial charge in [-0.05, 0) is 130 Å². The molecule has 1 nitrogen and oxygen atoms in total. The van der Waals surface area contributed by atoms with Gasteiger partial charge in [-0.25, -0.2) is 0 Å². The van der Waals surface area contributed by atoms with Crippen LogP contribution in [0, 0.1) is 11.8 Å². The molecule has 0 radical (unpaired) electrons. The fourth-order valence-electron chi connectivity index (χ4n) is 11.1. The molecule has 5 atom stereocenters. The molecule has 0 heterocycles. The summed E-state index contributed by atoms with van der Waals surface area (Å²) in [5, 5.41) is 0. The zero-order chi connectivity index (χ0) is 46.2. The van der Waals surface area contributed by atoms with Crippen molar-refractivity contribution in [3.05, 3.63) is 257 Å². The third-order valence-electron chi connectivity index (χ3n) is 14.8. The van der Waals surface area contributed by atoms with Gasteiger partial charge >= 0.3 is 0 Å². The number of nitrogens with zero attached hydrogens (tertiary/aromatic N) is 1. The summed E-state index contributed by atoms with van der Waals surface area (Å²) in [7, 11) is 0. The van der Waals surface area contributed by atoms with Crippen molar-refractivity contribution in [1.29, 1.82) is 0 Å². The first-order valence-corrected chi connectivity index (χ1v) is 24.8. The Morgan fingerprint density at radius 3 is 2.25 bits per heavy atom. The fourth-order valence-corrected chi connectivity index (χ4v) is 11.1. The minimum atomic E-state index is -0.0275. The van der Waals surface area contributed by atoms with Crippen LogP contribution in [-0.2, 0) is 11.8 Å². The maximum absolute atomic E-state index is 3.79. The molecule has 0 N–H and O–H groups in total. The summed E-state index contributed by atoms with van der Waals surface area (Å²) in [5.74, 6) is 1.29. The first kappa shape index (κ1) is 45.5. The normalized spacial score (nSPS) is 21.2. The summed E-state index contributed by atoms with van der Waals surface area (Å²) in [6.45, 7) is 13.3. The number of benzene rings is 5. The van der Waals surface area contributed by atoms with E-state index in [0.717, 1.165) is 38.5 Å². The molecule has 0 saturated heterocycles. The summed E-state index contributed by atoms with van der Waals surface area (Å²) in [5.41, 5.74) is 17.6. The predicted octanol–water partition coefficient (Wildman–Crippen LogP) is 17.3. The number of fused-ring (bicyclic) bond motifs is 2. The number of para-hydroxylation sites is 1. The molecule has 5 aromatic carbocycles. The number of anilines is 1. The van der Waals surface area contributed by atoms with Crippen molar-refractivity contribution in [1.82, 2.24) is 0 Å². The molecule has 4 aliphatic carbocycles. The number of aryl methyl sites for hydroxylation is 1. The summed E-state index contributed by atoms with van der Waals surface area (Å²) in [4.78, 5) is 2.62. The van der Waals surface area contributed by atoms with Crippen molar-refractivity contribution in [3.63, 3.8) is 0 Å². The van der Waals surface area contributed by atoms with E-state index in [4.69, 9.17) is 0 Å². The van der Waals surface area contributed by atoms with Crippen LogP contribution in [0.4, 0.5) is 5.69 Å². The predicted molar refractivity (Wildman–Crippen MR) is 291 cm³/mol. The number of hydrogen-bond acceptors (Lipinski definition) is 1. The summed E-state index contributed by atoms with van der Waals surface area (Å²) in [6, 6.07) is 46.0. The van der Waals surface area contributed by atoms with Gasteiger partial charge in [0.25, 0.3) is 0 Å². The van der Waals surface area contributed by atoms with Crippen molar-refractivity contribution in [2.45, 2.75) is 89.6 Å². The third kappa shape index (κ3) is 10.0. The molecule has 0 bridgehead atoms. The quantitative estimate of drug-likeness (QED) is 0.0575. The Kier molecular flexibility index (Phi) is 14.2. The average molecular weight is 874 g/mol. The van der Waals surface area contributed by atoms with Crippen LogP contribution in [0.15, 0.2) is 219 Å². The van der Waals surface area contributed by atoms with E-state index in [1.165, 1.54) is 66.9 Å². The lowest BCUT2D eigenvalue weighted by Crippen LogP contribution is -2.45. The fraction of sp³-hybridized carbons (Fsp3) is 0.242. The second-order valence-corrected chi connectivity index (χ2v) is 19.4. The zero-order valence-corrected chi connectivity index (χ0v) is 40.1. The highest BCUT2D eigenvalue weighted by Crippen LogP contribution is 2.53. The minimum Gasteiger partial charge on any atom is -0.358 e. The van der Waals surface area contributed by atoms with E-state index in [-0.39, 0.29) is 11.5 Å². The van der Waals surface area contributed by atoms with Gasteiger partial charge in [0, 0.05) is 11.1 Å². The van der Waals surface area contributed by atoms with E-state index < -0.39 is 0 Å². The van der Waals surface area contributed by atoms with E-state index in [9.17, 15) is 0 Å². The first-order valence-electron chi connectivity index (χ1n) is 24.8. The van der Waals surface area contributed by atoms with Gasteiger partial charge in [0.05, 0.1) is 12.1 Å². The maximum atomic E-state index is 3.79. The van der Waals surface area contributed by atoms with Crippen molar-refractivity contribution in [3.8, 4) is 11.1 Å². The van der Waals surface area contributed by atoms with Gasteiger partial charge in [0.2, 0.25) is 0 Å². The highest BCUT2D eigenvalue weighted by atomic mass is 15.2. The SMILES string of the molecule is C=C/C=C\C=C/CCC(c1ccccc1)C1C=CC2=C(C1)C(C)(C)c1cc(/C=C/c3ccc(-c4ccc(C5=CC(C)C(N(c6ccccc6)C6C=CCC=CC6)C=C5)cc4CC)cc3)ccc12. The highest BCUT2D eigenvalue weighted by molar-refractivity contribution is 5.88. The molecule has 0 aliphatic heterocycles. The zero-order valence-electron chi connectivity index (χ0n) is 40.1. The van der Waals surface area contributed by atoms with Crippen LogP contribution >= 0.6 is 0 Å². The van der Waals surface area contributed by atoms with Crippen LogP contribution in [0.2, 0.25) is 0 Å². The Morgan fingerprint density at radius 2 is 1.48 bits per heavy atom. The molecular weight excluding hydrogens is 807 g/mol.